The fourth-order valence-corrected chi connectivity index (χ4v) is 1.46. The molecule has 2 aromatic rings. The maximum absolute atomic E-state index is 11.5. The van der Waals surface area contributed by atoms with Gasteiger partial charge in [-0.25, -0.2) is 9.36 Å². The van der Waals surface area contributed by atoms with Crippen molar-refractivity contribution in [2.75, 3.05) is 0 Å². The van der Waals surface area contributed by atoms with E-state index in [0.29, 0.717) is 5.69 Å². The molecular formula is C10H7ClN2O2. The van der Waals surface area contributed by atoms with Crippen molar-refractivity contribution in [2.45, 2.75) is 0 Å². The highest BCUT2D eigenvalue weighted by Crippen LogP contribution is 2.01. The molecule has 1 heterocycles. The standard InChI is InChI=1S/C10H7ClN2O2/c11-8-6-9(14)13(10(15)12-8)7-4-2-1-3-5-7/h1-6H,(H,12,15). The van der Waals surface area contributed by atoms with Crippen LogP contribution in [0.1, 0.15) is 0 Å². The van der Waals surface area contributed by atoms with Gasteiger partial charge in [-0.05, 0) is 12.1 Å². The minimum Gasteiger partial charge on any atom is -0.297 e. The van der Waals surface area contributed by atoms with E-state index in [1.54, 1.807) is 30.3 Å². The van der Waals surface area contributed by atoms with E-state index >= 15 is 0 Å². The van der Waals surface area contributed by atoms with Gasteiger partial charge in [-0.1, -0.05) is 29.8 Å². The number of nitrogens with zero attached hydrogens (tertiary/aromatic N) is 1. The van der Waals surface area contributed by atoms with Crippen molar-refractivity contribution in [3.8, 4) is 5.69 Å². The van der Waals surface area contributed by atoms with Gasteiger partial charge in [0.05, 0.1) is 5.69 Å². The topological polar surface area (TPSA) is 54.9 Å². The maximum atomic E-state index is 11.5. The van der Waals surface area contributed by atoms with Crippen LogP contribution >= 0.6 is 11.6 Å². The van der Waals surface area contributed by atoms with Crippen molar-refractivity contribution >= 4 is 11.6 Å². The van der Waals surface area contributed by atoms with Crippen LogP contribution in [0.5, 0.6) is 0 Å². The van der Waals surface area contributed by atoms with Crippen LogP contribution in [0.4, 0.5) is 0 Å². The second-order valence-corrected chi connectivity index (χ2v) is 3.34. The number of rotatable bonds is 1. The molecular weight excluding hydrogens is 216 g/mol. The highest BCUT2D eigenvalue weighted by Gasteiger charge is 2.04. The van der Waals surface area contributed by atoms with Crippen LogP contribution in [-0.4, -0.2) is 9.55 Å². The quantitative estimate of drug-likeness (QED) is 0.737. The molecule has 2 rings (SSSR count). The number of nitrogens with one attached hydrogen (secondary N) is 1. The Bertz CT molecular complexity index is 555. The number of aromatic nitrogens is 2. The molecule has 0 aliphatic carbocycles. The molecule has 0 bridgehead atoms. The van der Waals surface area contributed by atoms with Gasteiger partial charge in [0.1, 0.15) is 5.15 Å². The van der Waals surface area contributed by atoms with Gasteiger partial charge >= 0.3 is 5.69 Å². The van der Waals surface area contributed by atoms with Crippen molar-refractivity contribution in [2.24, 2.45) is 0 Å². The van der Waals surface area contributed by atoms with Crippen LogP contribution in [0.25, 0.3) is 5.69 Å². The predicted octanol–water partition coefficient (Wildman–Crippen LogP) is 1.18. The molecule has 76 valence electrons. The molecule has 0 fully saturated rings. The number of benzene rings is 1. The average molecular weight is 223 g/mol. The van der Waals surface area contributed by atoms with Gasteiger partial charge in [0.15, 0.2) is 0 Å². The lowest BCUT2D eigenvalue weighted by atomic mass is 10.3. The number of para-hydroxylation sites is 1. The van der Waals surface area contributed by atoms with E-state index in [0.717, 1.165) is 10.6 Å². The van der Waals surface area contributed by atoms with Crippen molar-refractivity contribution in [3.63, 3.8) is 0 Å². The first-order valence-corrected chi connectivity index (χ1v) is 4.63. The van der Waals surface area contributed by atoms with Crippen LogP contribution in [0.3, 0.4) is 0 Å². The van der Waals surface area contributed by atoms with E-state index in [9.17, 15) is 9.59 Å². The van der Waals surface area contributed by atoms with Crippen LogP contribution in [0, 0.1) is 0 Å². The van der Waals surface area contributed by atoms with Crippen LogP contribution < -0.4 is 11.2 Å². The zero-order valence-corrected chi connectivity index (χ0v) is 8.36. The Morgan fingerprint density at radius 3 is 2.40 bits per heavy atom. The Morgan fingerprint density at radius 2 is 1.80 bits per heavy atom. The molecule has 1 aromatic heterocycles. The fraction of sp³-hybridized carbons (Fsp3) is 0. The summed E-state index contributed by atoms with van der Waals surface area (Å²) in [5.41, 5.74) is -0.478. The lowest BCUT2D eigenvalue weighted by Gasteiger charge is -2.02. The van der Waals surface area contributed by atoms with Gasteiger partial charge in [-0.3, -0.25) is 9.78 Å². The lowest BCUT2D eigenvalue weighted by Crippen LogP contribution is -2.32. The minimum absolute atomic E-state index is 0.0391. The molecule has 5 heteroatoms. The van der Waals surface area contributed by atoms with Crippen molar-refractivity contribution in [1.82, 2.24) is 9.55 Å². The average Bonchev–Trinajstić information content (AvgIpc) is 2.17. The van der Waals surface area contributed by atoms with Crippen molar-refractivity contribution in [1.29, 1.82) is 0 Å². The zero-order valence-electron chi connectivity index (χ0n) is 7.61. The van der Waals surface area contributed by atoms with Crippen LogP contribution in [0.2, 0.25) is 5.15 Å². The predicted molar refractivity (Wildman–Crippen MR) is 57.7 cm³/mol. The molecule has 1 aromatic carbocycles. The number of H-pyrrole nitrogens is 1. The summed E-state index contributed by atoms with van der Waals surface area (Å²) in [6.45, 7) is 0. The van der Waals surface area contributed by atoms with E-state index < -0.39 is 11.2 Å². The fourth-order valence-electron chi connectivity index (χ4n) is 1.29. The van der Waals surface area contributed by atoms with Gasteiger partial charge < -0.3 is 0 Å². The molecule has 4 nitrogen and oxygen atoms in total. The van der Waals surface area contributed by atoms with Crippen LogP contribution in [0.15, 0.2) is 46.0 Å². The molecule has 0 atom stereocenters. The summed E-state index contributed by atoms with van der Waals surface area (Å²) in [6, 6.07) is 9.80. The third-order valence-electron chi connectivity index (χ3n) is 1.91. The molecule has 0 amide bonds. The van der Waals surface area contributed by atoms with E-state index in [1.807, 2.05) is 0 Å². The van der Waals surface area contributed by atoms with Crippen molar-refractivity contribution < 1.29 is 0 Å². The monoisotopic (exact) mass is 222 g/mol. The van der Waals surface area contributed by atoms with Gasteiger partial charge in [-0.2, -0.15) is 0 Å². The first-order valence-electron chi connectivity index (χ1n) is 4.26. The molecule has 0 spiro atoms. The summed E-state index contributed by atoms with van der Waals surface area (Å²) in [6.07, 6.45) is 0. The van der Waals surface area contributed by atoms with Crippen LogP contribution in [-0.2, 0) is 0 Å². The van der Waals surface area contributed by atoms with Crippen molar-refractivity contribution in [3.05, 3.63) is 62.4 Å². The highest BCUT2D eigenvalue weighted by atomic mass is 35.5. The highest BCUT2D eigenvalue weighted by molar-refractivity contribution is 6.29. The van der Waals surface area contributed by atoms with Gasteiger partial charge in [0, 0.05) is 6.07 Å². The van der Waals surface area contributed by atoms with Gasteiger partial charge in [-0.15, -0.1) is 0 Å². The third-order valence-corrected chi connectivity index (χ3v) is 2.12. The number of aromatic amines is 1. The summed E-state index contributed by atoms with van der Waals surface area (Å²) in [5.74, 6) is 0. The minimum atomic E-state index is -0.543. The summed E-state index contributed by atoms with van der Waals surface area (Å²) < 4.78 is 1.02. The summed E-state index contributed by atoms with van der Waals surface area (Å²) >= 11 is 5.54. The molecule has 0 radical (unpaired) electrons. The summed E-state index contributed by atoms with van der Waals surface area (Å²) in [4.78, 5) is 25.4. The Morgan fingerprint density at radius 1 is 1.13 bits per heavy atom. The largest absolute Gasteiger partial charge is 0.334 e. The number of hydrogen-bond donors (Lipinski definition) is 1. The molecule has 0 saturated heterocycles. The molecule has 0 unspecified atom stereocenters. The normalized spacial score (nSPS) is 10.2. The second kappa shape index (κ2) is 3.74. The third kappa shape index (κ3) is 1.85. The number of halogens is 1. The first kappa shape index (κ1) is 9.73. The molecule has 1 N–H and O–H groups in total. The molecule has 0 aliphatic heterocycles. The summed E-state index contributed by atoms with van der Waals surface area (Å²) in [5, 5.41) is 0.0391. The number of hydrogen-bond acceptors (Lipinski definition) is 2. The zero-order chi connectivity index (χ0) is 10.8. The first-order chi connectivity index (χ1) is 7.18. The van der Waals surface area contributed by atoms with E-state index in [2.05, 4.69) is 4.98 Å². The molecule has 0 saturated carbocycles. The Hall–Kier alpha value is -1.81. The smallest absolute Gasteiger partial charge is 0.297 e. The lowest BCUT2D eigenvalue weighted by molar-refractivity contribution is 0.876. The Balaban J connectivity index is 2.75. The SMILES string of the molecule is O=c1cc(Cl)[nH]c(=O)n1-c1ccccc1. The van der Waals surface area contributed by atoms with E-state index in [1.165, 1.54) is 0 Å². The molecule has 0 aliphatic rings. The van der Waals surface area contributed by atoms with E-state index in [4.69, 9.17) is 11.6 Å². The Labute approximate surface area is 89.8 Å². The second-order valence-electron chi connectivity index (χ2n) is 2.93. The summed E-state index contributed by atoms with van der Waals surface area (Å²) in [7, 11) is 0. The molecule has 15 heavy (non-hydrogen) atoms. The van der Waals surface area contributed by atoms with Gasteiger partial charge in [0.25, 0.3) is 5.56 Å². The Kier molecular flexibility index (Phi) is 2.43. The maximum Gasteiger partial charge on any atom is 0.334 e. The van der Waals surface area contributed by atoms with Gasteiger partial charge in [0.2, 0.25) is 0 Å². The van der Waals surface area contributed by atoms with E-state index in [-0.39, 0.29) is 5.15 Å².